The van der Waals surface area contributed by atoms with Gasteiger partial charge in [-0.2, -0.15) is 0 Å². The summed E-state index contributed by atoms with van der Waals surface area (Å²) < 4.78 is 0. The Kier molecular flexibility index (Phi) is 5.10. The van der Waals surface area contributed by atoms with Crippen LogP contribution in [0.1, 0.15) is 40.5 Å². The Labute approximate surface area is 83.3 Å². The smallest absolute Gasteiger partial charge is 0.0687 e. The van der Waals surface area contributed by atoms with Crippen molar-refractivity contribution in [1.82, 2.24) is 5.32 Å². The highest BCUT2D eigenvalue weighted by molar-refractivity contribution is 4.98. The van der Waals surface area contributed by atoms with Gasteiger partial charge in [-0.25, -0.2) is 0 Å². The van der Waals surface area contributed by atoms with Crippen molar-refractivity contribution < 1.29 is 0 Å². The topological polar surface area (TPSA) is 12.0 Å². The van der Waals surface area contributed by atoms with Crippen LogP contribution in [-0.4, -0.2) is 13.1 Å². The molecule has 0 unspecified atom stereocenters. The lowest BCUT2D eigenvalue weighted by atomic mass is 9.83. The Hall–Kier alpha value is -0.480. The summed E-state index contributed by atoms with van der Waals surface area (Å²) in [5, 5.41) is 3.13. The van der Waals surface area contributed by atoms with E-state index in [4.69, 9.17) is 6.42 Å². The molecule has 0 aromatic rings. The zero-order chi connectivity index (χ0) is 10.5. The SMILES string of the molecule is C#C[C@@H](C[C@@H](C)CC(C)(C)C)NC. The van der Waals surface area contributed by atoms with Crippen LogP contribution in [0.25, 0.3) is 0 Å². The molecule has 0 aliphatic carbocycles. The third kappa shape index (κ3) is 6.66. The molecular formula is C12H23N. The monoisotopic (exact) mass is 181 g/mol. The summed E-state index contributed by atoms with van der Waals surface area (Å²) in [7, 11) is 1.92. The summed E-state index contributed by atoms with van der Waals surface area (Å²) in [4.78, 5) is 0. The largest absolute Gasteiger partial charge is 0.307 e. The lowest BCUT2D eigenvalue weighted by Crippen LogP contribution is -2.26. The molecule has 0 aromatic carbocycles. The Bertz CT molecular complexity index is 171. The molecule has 0 amide bonds. The highest BCUT2D eigenvalue weighted by Gasteiger charge is 2.17. The normalized spacial score (nSPS) is 16.3. The van der Waals surface area contributed by atoms with E-state index in [2.05, 4.69) is 38.9 Å². The van der Waals surface area contributed by atoms with Gasteiger partial charge < -0.3 is 5.32 Å². The van der Waals surface area contributed by atoms with Crippen LogP contribution < -0.4 is 5.32 Å². The van der Waals surface area contributed by atoms with E-state index in [1.165, 1.54) is 6.42 Å². The summed E-state index contributed by atoms with van der Waals surface area (Å²) in [6, 6.07) is 0.234. The van der Waals surface area contributed by atoms with Crippen LogP contribution in [0.3, 0.4) is 0 Å². The van der Waals surface area contributed by atoms with Crippen LogP contribution in [0, 0.1) is 23.7 Å². The number of nitrogens with one attached hydrogen (secondary N) is 1. The summed E-state index contributed by atoms with van der Waals surface area (Å²) in [6.07, 6.45) is 7.69. The zero-order valence-corrected chi connectivity index (χ0v) is 9.65. The van der Waals surface area contributed by atoms with E-state index in [-0.39, 0.29) is 6.04 Å². The number of terminal acetylenes is 1. The van der Waals surface area contributed by atoms with Gasteiger partial charge in [0.2, 0.25) is 0 Å². The molecule has 0 aliphatic heterocycles. The van der Waals surface area contributed by atoms with Crippen molar-refractivity contribution in [1.29, 1.82) is 0 Å². The maximum absolute atomic E-state index is 5.38. The Balaban J connectivity index is 3.87. The molecule has 1 heteroatoms. The fourth-order valence-corrected chi connectivity index (χ4v) is 1.80. The van der Waals surface area contributed by atoms with Crippen LogP contribution in [0.15, 0.2) is 0 Å². The minimum absolute atomic E-state index is 0.234. The minimum Gasteiger partial charge on any atom is -0.307 e. The number of rotatable bonds is 4. The van der Waals surface area contributed by atoms with Crippen molar-refractivity contribution in [3.05, 3.63) is 0 Å². The third-order valence-corrected chi connectivity index (χ3v) is 2.15. The van der Waals surface area contributed by atoms with Crippen LogP contribution >= 0.6 is 0 Å². The summed E-state index contributed by atoms with van der Waals surface area (Å²) in [5.74, 6) is 3.45. The van der Waals surface area contributed by atoms with Crippen LogP contribution in [0.4, 0.5) is 0 Å². The molecule has 0 bridgehead atoms. The zero-order valence-electron chi connectivity index (χ0n) is 9.65. The van der Waals surface area contributed by atoms with E-state index in [0.29, 0.717) is 11.3 Å². The highest BCUT2D eigenvalue weighted by atomic mass is 14.9. The maximum Gasteiger partial charge on any atom is 0.0687 e. The van der Waals surface area contributed by atoms with Crippen molar-refractivity contribution in [2.45, 2.75) is 46.6 Å². The average Bonchev–Trinajstić information content (AvgIpc) is 1.96. The predicted octanol–water partition coefficient (Wildman–Crippen LogP) is 2.67. The van der Waals surface area contributed by atoms with Gasteiger partial charge in [-0.15, -0.1) is 6.42 Å². The fourth-order valence-electron chi connectivity index (χ4n) is 1.80. The first-order valence-corrected chi connectivity index (χ1v) is 5.02. The molecule has 0 fully saturated rings. The third-order valence-electron chi connectivity index (χ3n) is 2.15. The van der Waals surface area contributed by atoms with Crippen molar-refractivity contribution in [3.8, 4) is 12.3 Å². The predicted molar refractivity (Wildman–Crippen MR) is 59.5 cm³/mol. The number of hydrogen-bond donors (Lipinski definition) is 1. The Morgan fingerprint density at radius 2 is 1.92 bits per heavy atom. The standard InChI is InChI=1S/C12H23N/c1-7-11(13-6)8-10(2)9-12(3,4)5/h1,10-11,13H,8-9H2,2-6H3/t10-,11+/m1/s1. The molecule has 2 atom stereocenters. The molecule has 13 heavy (non-hydrogen) atoms. The van der Waals surface area contributed by atoms with E-state index in [0.717, 1.165) is 6.42 Å². The van der Waals surface area contributed by atoms with E-state index in [1.54, 1.807) is 0 Å². The van der Waals surface area contributed by atoms with Gasteiger partial charge in [0.25, 0.3) is 0 Å². The van der Waals surface area contributed by atoms with Crippen molar-refractivity contribution in [2.75, 3.05) is 7.05 Å². The molecule has 1 nitrogen and oxygen atoms in total. The molecule has 0 rings (SSSR count). The van der Waals surface area contributed by atoms with Gasteiger partial charge in [0, 0.05) is 0 Å². The molecule has 76 valence electrons. The van der Waals surface area contributed by atoms with Gasteiger partial charge in [-0.3, -0.25) is 0 Å². The van der Waals surface area contributed by atoms with E-state index in [1.807, 2.05) is 7.05 Å². The summed E-state index contributed by atoms with van der Waals surface area (Å²) in [6.45, 7) is 9.09. The van der Waals surface area contributed by atoms with Crippen LogP contribution in [-0.2, 0) is 0 Å². The lowest BCUT2D eigenvalue weighted by molar-refractivity contribution is 0.288. The quantitative estimate of drug-likeness (QED) is 0.657. The van der Waals surface area contributed by atoms with Crippen molar-refractivity contribution >= 4 is 0 Å². The molecule has 0 radical (unpaired) electrons. The van der Waals surface area contributed by atoms with E-state index >= 15 is 0 Å². The van der Waals surface area contributed by atoms with Crippen LogP contribution in [0.5, 0.6) is 0 Å². The van der Waals surface area contributed by atoms with Crippen molar-refractivity contribution in [2.24, 2.45) is 11.3 Å². The van der Waals surface area contributed by atoms with Gasteiger partial charge in [-0.05, 0) is 31.2 Å². The lowest BCUT2D eigenvalue weighted by Gasteiger charge is -2.24. The summed E-state index contributed by atoms with van der Waals surface area (Å²) >= 11 is 0. The Morgan fingerprint density at radius 3 is 2.23 bits per heavy atom. The molecule has 0 aliphatic rings. The molecule has 0 spiro atoms. The average molecular weight is 181 g/mol. The highest BCUT2D eigenvalue weighted by Crippen LogP contribution is 2.26. The molecule has 1 N–H and O–H groups in total. The fraction of sp³-hybridized carbons (Fsp3) is 0.833. The van der Waals surface area contributed by atoms with Crippen LogP contribution in [0.2, 0.25) is 0 Å². The second kappa shape index (κ2) is 5.29. The maximum atomic E-state index is 5.38. The molecule has 0 saturated carbocycles. The second-order valence-corrected chi connectivity index (χ2v) is 5.11. The van der Waals surface area contributed by atoms with Gasteiger partial charge in [0.05, 0.1) is 6.04 Å². The Morgan fingerprint density at radius 1 is 1.38 bits per heavy atom. The molecule has 0 heterocycles. The van der Waals surface area contributed by atoms with Gasteiger partial charge in [0.15, 0.2) is 0 Å². The summed E-state index contributed by atoms with van der Waals surface area (Å²) in [5.41, 5.74) is 0.409. The first-order chi connectivity index (χ1) is 5.89. The molecular weight excluding hydrogens is 158 g/mol. The van der Waals surface area contributed by atoms with E-state index in [9.17, 15) is 0 Å². The number of hydrogen-bond acceptors (Lipinski definition) is 1. The van der Waals surface area contributed by atoms with Gasteiger partial charge in [0.1, 0.15) is 0 Å². The second-order valence-electron chi connectivity index (χ2n) is 5.11. The van der Waals surface area contributed by atoms with Crippen molar-refractivity contribution in [3.63, 3.8) is 0 Å². The first kappa shape index (κ1) is 12.5. The molecule has 0 saturated heterocycles. The van der Waals surface area contributed by atoms with Gasteiger partial charge in [-0.1, -0.05) is 33.6 Å². The molecule has 0 aromatic heterocycles. The minimum atomic E-state index is 0.234. The van der Waals surface area contributed by atoms with E-state index < -0.39 is 0 Å². The van der Waals surface area contributed by atoms with Gasteiger partial charge >= 0.3 is 0 Å². The first-order valence-electron chi connectivity index (χ1n) is 5.02.